The molecule has 0 bridgehead atoms. The molecule has 1 heterocycles. The van der Waals surface area contributed by atoms with Crippen LogP contribution in [0.2, 0.25) is 0 Å². The molecule has 1 unspecified atom stereocenters. The van der Waals surface area contributed by atoms with Gasteiger partial charge in [-0.3, -0.25) is 4.98 Å². The van der Waals surface area contributed by atoms with Crippen LogP contribution in [-0.2, 0) is 6.54 Å². The van der Waals surface area contributed by atoms with Crippen molar-refractivity contribution in [3.8, 4) is 11.8 Å². The second kappa shape index (κ2) is 12.2. The smallest absolute Gasteiger partial charge is 0.109 e. The van der Waals surface area contributed by atoms with Crippen molar-refractivity contribution in [3.63, 3.8) is 0 Å². The van der Waals surface area contributed by atoms with Gasteiger partial charge in [-0.05, 0) is 50.8 Å². The van der Waals surface area contributed by atoms with Crippen molar-refractivity contribution < 1.29 is 8.78 Å². The van der Waals surface area contributed by atoms with E-state index in [0.29, 0.717) is 11.7 Å². The molecule has 1 aromatic heterocycles. The quantitative estimate of drug-likeness (QED) is 0.312. The monoisotopic (exact) mass is 456 g/mol. The van der Waals surface area contributed by atoms with E-state index in [1.807, 2.05) is 19.1 Å². The third kappa shape index (κ3) is 6.57. The van der Waals surface area contributed by atoms with E-state index in [9.17, 15) is 8.78 Å². The Bertz CT molecular complexity index is 874. The van der Waals surface area contributed by atoms with E-state index >= 15 is 0 Å². The van der Waals surface area contributed by atoms with Gasteiger partial charge in [0.05, 0.1) is 30.2 Å². The maximum absolute atomic E-state index is 12.7. The lowest BCUT2D eigenvalue weighted by molar-refractivity contribution is 0.176. The predicted molar refractivity (Wildman–Crippen MR) is 132 cm³/mol. The molecule has 1 saturated carbocycles. The number of alkyl halides is 2. The second-order valence-electron chi connectivity index (χ2n) is 9.45. The minimum Gasteiger partial charge on any atom is -0.365 e. The molecule has 4 nitrogen and oxygen atoms in total. The van der Waals surface area contributed by atoms with Gasteiger partial charge in [0, 0.05) is 23.6 Å². The van der Waals surface area contributed by atoms with Gasteiger partial charge in [-0.25, -0.2) is 14.2 Å². The third-order valence-electron chi connectivity index (χ3n) is 6.85. The first-order valence-corrected chi connectivity index (χ1v) is 12.2. The van der Waals surface area contributed by atoms with Gasteiger partial charge in [-0.1, -0.05) is 38.3 Å². The number of hydrogen-bond donors (Lipinski definition) is 2. The minimum atomic E-state index is -0.856. The van der Waals surface area contributed by atoms with Gasteiger partial charge < -0.3 is 10.3 Å². The number of pyridine rings is 1. The summed E-state index contributed by atoms with van der Waals surface area (Å²) in [6.45, 7) is 5.70. The highest BCUT2D eigenvalue weighted by molar-refractivity contribution is 5.40. The number of nitrogens with zero attached hydrogens (tertiary/aromatic N) is 2. The average Bonchev–Trinajstić information content (AvgIpc) is 3.38. The molecule has 0 aromatic carbocycles. The predicted octanol–water partition coefficient (Wildman–Crippen LogP) is 6.09. The van der Waals surface area contributed by atoms with E-state index in [1.165, 1.54) is 37.0 Å². The van der Waals surface area contributed by atoms with Gasteiger partial charge in [0.1, 0.15) is 13.3 Å². The summed E-state index contributed by atoms with van der Waals surface area (Å²) in [5.41, 5.74) is 10.0. The lowest BCUT2D eigenvalue weighted by atomic mass is 9.73. The molecule has 2 N–H and O–H groups in total. The van der Waals surface area contributed by atoms with E-state index in [2.05, 4.69) is 58.6 Å². The van der Waals surface area contributed by atoms with Gasteiger partial charge in [0.25, 0.3) is 0 Å². The van der Waals surface area contributed by atoms with E-state index in [0.717, 1.165) is 31.5 Å². The molecule has 0 saturated heterocycles. The van der Waals surface area contributed by atoms with Crippen LogP contribution in [0.1, 0.15) is 71.4 Å². The molecule has 0 spiro atoms. The van der Waals surface area contributed by atoms with Crippen molar-refractivity contribution in [2.24, 2.45) is 5.41 Å². The molecule has 2 aliphatic rings. The van der Waals surface area contributed by atoms with Crippen LogP contribution >= 0.6 is 0 Å². The number of hydrazine groups is 1. The van der Waals surface area contributed by atoms with Gasteiger partial charge >= 0.3 is 0 Å². The molecule has 2 aliphatic carbocycles. The molecule has 0 radical (unpaired) electrons. The minimum absolute atomic E-state index is 0.00907. The van der Waals surface area contributed by atoms with Crippen LogP contribution in [0.5, 0.6) is 0 Å². The molecular formula is C27H38F2N4. The Morgan fingerprint density at radius 1 is 1.21 bits per heavy atom. The molecule has 180 valence electrons. The highest BCUT2D eigenvalue weighted by Gasteiger charge is 2.37. The van der Waals surface area contributed by atoms with Crippen LogP contribution in [0.15, 0.2) is 41.8 Å². The largest absolute Gasteiger partial charge is 0.365 e. The van der Waals surface area contributed by atoms with Gasteiger partial charge in [0.15, 0.2) is 0 Å². The molecule has 0 aliphatic heterocycles. The van der Waals surface area contributed by atoms with E-state index in [-0.39, 0.29) is 5.41 Å². The zero-order valence-corrected chi connectivity index (χ0v) is 20.3. The Morgan fingerprint density at radius 3 is 2.58 bits per heavy atom. The zero-order valence-electron chi connectivity index (χ0n) is 20.3. The summed E-state index contributed by atoms with van der Waals surface area (Å²) in [5, 5.41) is 0. The number of aromatic nitrogens is 1. The zero-order chi connectivity index (χ0) is 23.7. The fourth-order valence-corrected chi connectivity index (χ4v) is 4.87. The summed E-state index contributed by atoms with van der Waals surface area (Å²) in [4.78, 5) is 7.23. The molecule has 1 aromatic rings. The van der Waals surface area contributed by atoms with Crippen LogP contribution in [0.4, 0.5) is 14.5 Å². The van der Waals surface area contributed by atoms with E-state index in [4.69, 9.17) is 0 Å². The summed E-state index contributed by atoms with van der Waals surface area (Å²) in [5.74, 6) is 6.45. The third-order valence-corrected chi connectivity index (χ3v) is 6.85. The van der Waals surface area contributed by atoms with E-state index < -0.39 is 19.4 Å². The molecule has 0 amide bonds. The maximum atomic E-state index is 12.7. The van der Waals surface area contributed by atoms with Crippen molar-refractivity contribution in [1.82, 2.24) is 15.3 Å². The van der Waals surface area contributed by atoms with Crippen LogP contribution in [0.25, 0.3) is 0 Å². The maximum Gasteiger partial charge on any atom is 0.109 e. The van der Waals surface area contributed by atoms with Crippen LogP contribution < -0.4 is 10.9 Å². The van der Waals surface area contributed by atoms with Gasteiger partial charge in [0.2, 0.25) is 0 Å². The first-order chi connectivity index (χ1) is 16.0. The van der Waals surface area contributed by atoms with Gasteiger partial charge in [-0.15, -0.1) is 11.8 Å². The Balaban J connectivity index is 1.82. The van der Waals surface area contributed by atoms with Crippen LogP contribution in [0.3, 0.4) is 0 Å². The lowest BCUT2D eigenvalue weighted by Gasteiger charge is -2.44. The van der Waals surface area contributed by atoms with Crippen molar-refractivity contribution >= 4 is 5.69 Å². The average molecular weight is 457 g/mol. The SMILES string of the molecule is CC#CCC1(C)CC(CC)=CC=C1N(Cc1ccc(NNC(CF)CF)cn1)C1CCCC1. The highest BCUT2D eigenvalue weighted by Crippen LogP contribution is 2.45. The number of hydrogen-bond acceptors (Lipinski definition) is 4. The summed E-state index contributed by atoms with van der Waals surface area (Å²) < 4.78 is 25.4. The van der Waals surface area contributed by atoms with Crippen molar-refractivity contribution in [1.29, 1.82) is 0 Å². The normalized spacial score (nSPS) is 20.8. The van der Waals surface area contributed by atoms with Gasteiger partial charge in [-0.2, -0.15) is 0 Å². The summed E-state index contributed by atoms with van der Waals surface area (Å²) in [7, 11) is 0. The number of allylic oxidation sites excluding steroid dienone is 4. The van der Waals surface area contributed by atoms with Crippen LogP contribution in [-0.4, -0.2) is 35.3 Å². The molecule has 1 fully saturated rings. The first-order valence-electron chi connectivity index (χ1n) is 12.2. The Morgan fingerprint density at radius 2 is 1.97 bits per heavy atom. The fourth-order valence-electron chi connectivity index (χ4n) is 4.87. The Kier molecular flexibility index (Phi) is 9.31. The molecule has 1 atom stereocenters. The summed E-state index contributed by atoms with van der Waals surface area (Å²) >= 11 is 0. The Hall–Kier alpha value is -2.39. The highest BCUT2D eigenvalue weighted by atomic mass is 19.1. The number of rotatable bonds is 11. The summed E-state index contributed by atoms with van der Waals surface area (Å²) in [6, 6.07) is 3.55. The summed E-state index contributed by atoms with van der Waals surface area (Å²) in [6.07, 6.45) is 14.2. The molecule has 33 heavy (non-hydrogen) atoms. The lowest BCUT2D eigenvalue weighted by Crippen LogP contribution is -2.40. The number of nitrogens with one attached hydrogen (secondary N) is 2. The van der Waals surface area contributed by atoms with Crippen molar-refractivity contribution in [2.45, 2.75) is 84.3 Å². The standard InChI is InChI=1S/C27H38F2N4/c1-4-6-15-27(3)16-21(5-2)11-14-26(27)33(25-9-7-8-10-25)20-23-13-12-22(19-30-23)31-32-24(17-28)18-29/h11-14,19,24-25,31-32H,5,7-10,15-18,20H2,1-3H3. The second-order valence-corrected chi connectivity index (χ2v) is 9.45. The topological polar surface area (TPSA) is 40.2 Å². The number of halogens is 2. The van der Waals surface area contributed by atoms with E-state index in [1.54, 1.807) is 6.20 Å². The Labute approximate surface area is 197 Å². The number of anilines is 1. The van der Waals surface area contributed by atoms with Crippen molar-refractivity contribution in [2.75, 3.05) is 18.8 Å². The fraction of sp³-hybridized carbons (Fsp3) is 0.593. The molecule has 3 rings (SSSR count). The molecular weight excluding hydrogens is 418 g/mol. The van der Waals surface area contributed by atoms with Crippen LogP contribution in [0, 0.1) is 17.3 Å². The first kappa shape index (κ1) is 25.2. The molecule has 6 heteroatoms. The van der Waals surface area contributed by atoms with Crippen molar-refractivity contribution in [3.05, 3.63) is 47.4 Å².